The quantitative estimate of drug-likeness (QED) is 0.898. The van der Waals surface area contributed by atoms with Crippen LogP contribution in [0.25, 0.3) is 0 Å². The van der Waals surface area contributed by atoms with Gasteiger partial charge in [-0.15, -0.1) is 0 Å². The average Bonchev–Trinajstić information content (AvgIpc) is 2.38. The second-order valence-corrected chi connectivity index (χ2v) is 4.83. The van der Waals surface area contributed by atoms with Gasteiger partial charge in [0.2, 0.25) is 5.95 Å². The maximum Gasteiger partial charge on any atom is 0.433 e. The van der Waals surface area contributed by atoms with Gasteiger partial charge >= 0.3 is 6.18 Å². The minimum atomic E-state index is -4.46. The molecule has 1 aliphatic rings. The molecule has 1 aliphatic heterocycles. The summed E-state index contributed by atoms with van der Waals surface area (Å²) >= 11 is 0. The van der Waals surface area contributed by atoms with Crippen molar-refractivity contribution in [2.75, 3.05) is 18.0 Å². The van der Waals surface area contributed by atoms with E-state index in [0.29, 0.717) is 13.1 Å². The molecule has 2 rings (SSSR count). The lowest BCUT2D eigenvalue weighted by molar-refractivity contribution is -0.141. The van der Waals surface area contributed by atoms with Crippen molar-refractivity contribution in [3.8, 4) is 0 Å². The molecule has 1 saturated heterocycles. The van der Waals surface area contributed by atoms with Crippen LogP contribution in [-0.4, -0.2) is 34.3 Å². The van der Waals surface area contributed by atoms with Crippen LogP contribution in [0, 0.1) is 5.92 Å². The summed E-state index contributed by atoms with van der Waals surface area (Å²) in [6.45, 7) is 2.80. The molecule has 2 heterocycles. The van der Waals surface area contributed by atoms with E-state index in [1.807, 2.05) is 0 Å². The zero-order valence-electron chi connectivity index (χ0n) is 10.6. The highest BCUT2D eigenvalue weighted by Gasteiger charge is 2.34. The Bertz CT molecular complexity index is 436. The molecule has 0 saturated carbocycles. The fourth-order valence-electron chi connectivity index (χ4n) is 2.24. The lowest BCUT2D eigenvalue weighted by atomic mass is 9.94. The smallest absolute Gasteiger partial charge is 0.393 e. The maximum atomic E-state index is 12.6. The molecule has 2 unspecified atom stereocenters. The van der Waals surface area contributed by atoms with Crippen LogP contribution in [0.2, 0.25) is 0 Å². The monoisotopic (exact) mass is 275 g/mol. The zero-order chi connectivity index (χ0) is 14.0. The van der Waals surface area contributed by atoms with Gasteiger partial charge in [-0.1, -0.05) is 0 Å². The van der Waals surface area contributed by atoms with E-state index in [9.17, 15) is 18.3 Å². The van der Waals surface area contributed by atoms with E-state index in [2.05, 4.69) is 9.97 Å². The number of hydrogen-bond acceptors (Lipinski definition) is 4. The number of hydrogen-bond donors (Lipinski definition) is 1. The predicted octanol–water partition coefficient (Wildman–Crippen LogP) is 2.09. The number of aromatic nitrogens is 2. The second-order valence-electron chi connectivity index (χ2n) is 4.83. The molecule has 1 fully saturated rings. The van der Waals surface area contributed by atoms with E-state index in [4.69, 9.17) is 0 Å². The average molecular weight is 275 g/mol. The van der Waals surface area contributed by atoms with Crippen LogP contribution in [0.4, 0.5) is 19.1 Å². The van der Waals surface area contributed by atoms with Crippen molar-refractivity contribution in [1.82, 2.24) is 9.97 Å². The Morgan fingerprint density at radius 1 is 1.47 bits per heavy atom. The summed E-state index contributed by atoms with van der Waals surface area (Å²) in [6.07, 6.45) is -2.13. The van der Waals surface area contributed by atoms with E-state index in [-0.39, 0.29) is 11.9 Å². The summed E-state index contributed by atoms with van der Waals surface area (Å²) in [5.74, 6) is 0.132. The molecule has 2 atom stereocenters. The van der Waals surface area contributed by atoms with Crippen LogP contribution in [0.1, 0.15) is 25.5 Å². The Morgan fingerprint density at radius 3 is 2.84 bits per heavy atom. The topological polar surface area (TPSA) is 49.2 Å². The van der Waals surface area contributed by atoms with Crippen molar-refractivity contribution in [1.29, 1.82) is 0 Å². The highest BCUT2D eigenvalue weighted by Crippen LogP contribution is 2.29. The Balaban J connectivity index is 2.17. The van der Waals surface area contributed by atoms with Crippen molar-refractivity contribution in [2.24, 2.45) is 5.92 Å². The second kappa shape index (κ2) is 5.32. The van der Waals surface area contributed by atoms with E-state index in [1.54, 1.807) is 11.8 Å². The normalized spacial score (nSPS) is 22.4. The Hall–Kier alpha value is -1.37. The van der Waals surface area contributed by atoms with Crippen molar-refractivity contribution in [3.63, 3.8) is 0 Å². The summed E-state index contributed by atoms with van der Waals surface area (Å²) in [5, 5.41) is 9.58. The van der Waals surface area contributed by atoms with Gasteiger partial charge in [-0.2, -0.15) is 13.2 Å². The molecule has 1 N–H and O–H groups in total. The van der Waals surface area contributed by atoms with E-state index < -0.39 is 18.0 Å². The minimum Gasteiger partial charge on any atom is -0.393 e. The third-order valence-corrected chi connectivity index (χ3v) is 3.36. The molecule has 0 aliphatic carbocycles. The van der Waals surface area contributed by atoms with E-state index >= 15 is 0 Å². The Labute approximate surface area is 109 Å². The Morgan fingerprint density at radius 2 is 2.21 bits per heavy atom. The molecule has 0 spiro atoms. The number of piperidine rings is 1. The van der Waals surface area contributed by atoms with Gasteiger partial charge in [-0.25, -0.2) is 9.97 Å². The van der Waals surface area contributed by atoms with Crippen LogP contribution >= 0.6 is 0 Å². The first-order chi connectivity index (χ1) is 8.88. The first kappa shape index (κ1) is 14.0. The van der Waals surface area contributed by atoms with Gasteiger partial charge in [-0.3, -0.25) is 0 Å². The molecule has 19 heavy (non-hydrogen) atoms. The lowest BCUT2D eigenvalue weighted by Crippen LogP contribution is -2.40. The molecule has 0 aromatic carbocycles. The van der Waals surface area contributed by atoms with Crippen molar-refractivity contribution >= 4 is 5.95 Å². The van der Waals surface area contributed by atoms with Crippen LogP contribution in [0.5, 0.6) is 0 Å². The number of halogens is 3. The summed E-state index contributed by atoms with van der Waals surface area (Å²) in [6, 6.07) is 0.861. The van der Waals surface area contributed by atoms with Gasteiger partial charge in [0.15, 0.2) is 0 Å². The van der Waals surface area contributed by atoms with E-state index in [0.717, 1.165) is 25.1 Å². The fraction of sp³-hybridized carbons (Fsp3) is 0.667. The van der Waals surface area contributed by atoms with E-state index in [1.165, 1.54) is 0 Å². The number of rotatable bonds is 2. The molecule has 1 aromatic rings. The van der Waals surface area contributed by atoms with Crippen LogP contribution < -0.4 is 4.90 Å². The Kier molecular flexibility index (Phi) is 3.93. The summed E-state index contributed by atoms with van der Waals surface area (Å²) < 4.78 is 37.8. The van der Waals surface area contributed by atoms with Gasteiger partial charge in [0.05, 0.1) is 6.10 Å². The molecule has 4 nitrogen and oxygen atoms in total. The SMILES string of the molecule is CC(O)C1CCCN(c2nccc(C(F)(F)F)n2)C1. The molecule has 7 heteroatoms. The standard InChI is InChI=1S/C12H16F3N3O/c1-8(19)9-3-2-6-18(7-9)11-16-5-4-10(17-11)12(13,14)15/h4-5,8-9,19H,2-3,6-7H2,1H3. The van der Waals surface area contributed by atoms with Crippen LogP contribution in [0.15, 0.2) is 12.3 Å². The molecule has 106 valence electrons. The fourth-order valence-corrected chi connectivity index (χ4v) is 2.24. The third kappa shape index (κ3) is 3.34. The third-order valence-electron chi connectivity index (χ3n) is 3.36. The van der Waals surface area contributed by atoms with Crippen LogP contribution in [-0.2, 0) is 6.18 Å². The van der Waals surface area contributed by atoms with Crippen molar-refractivity contribution < 1.29 is 18.3 Å². The first-order valence-corrected chi connectivity index (χ1v) is 6.21. The highest BCUT2D eigenvalue weighted by atomic mass is 19.4. The zero-order valence-corrected chi connectivity index (χ0v) is 10.6. The van der Waals surface area contributed by atoms with Crippen LogP contribution in [0.3, 0.4) is 0 Å². The highest BCUT2D eigenvalue weighted by molar-refractivity contribution is 5.31. The summed E-state index contributed by atoms with van der Waals surface area (Å²) in [5.41, 5.74) is -0.934. The van der Waals surface area contributed by atoms with Gasteiger partial charge in [0, 0.05) is 25.2 Å². The lowest BCUT2D eigenvalue weighted by Gasteiger charge is -2.34. The molecular weight excluding hydrogens is 259 g/mol. The number of anilines is 1. The number of alkyl halides is 3. The molecule has 0 bridgehead atoms. The maximum absolute atomic E-state index is 12.6. The minimum absolute atomic E-state index is 0.0480. The molecule has 0 amide bonds. The van der Waals surface area contributed by atoms with Gasteiger partial charge in [0.1, 0.15) is 5.69 Å². The van der Waals surface area contributed by atoms with Crippen molar-refractivity contribution in [2.45, 2.75) is 32.0 Å². The predicted molar refractivity (Wildman–Crippen MR) is 63.7 cm³/mol. The number of aliphatic hydroxyl groups excluding tert-OH is 1. The molecule has 0 radical (unpaired) electrons. The summed E-state index contributed by atoms with van der Waals surface area (Å²) in [7, 11) is 0. The van der Waals surface area contributed by atoms with Gasteiger partial charge < -0.3 is 10.0 Å². The van der Waals surface area contributed by atoms with Gasteiger partial charge in [0.25, 0.3) is 0 Å². The molecule has 1 aromatic heterocycles. The first-order valence-electron chi connectivity index (χ1n) is 6.21. The van der Waals surface area contributed by atoms with Crippen molar-refractivity contribution in [3.05, 3.63) is 18.0 Å². The number of nitrogens with zero attached hydrogens (tertiary/aromatic N) is 3. The summed E-state index contributed by atoms with van der Waals surface area (Å²) in [4.78, 5) is 9.18. The number of aliphatic hydroxyl groups is 1. The molecular formula is C12H16F3N3O. The largest absolute Gasteiger partial charge is 0.433 e. The van der Waals surface area contributed by atoms with Gasteiger partial charge in [-0.05, 0) is 25.8 Å².